The first kappa shape index (κ1) is 10.8. The van der Waals surface area contributed by atoms with Gasteiger partial charge in [0.25, 0.3) is 0 Å². The quantitative estimate of drug-likeness (QED) is 0.674. The Bertz CT molecular complexity index is 700. The maximum absolute atomic E-state index is 5.94. The molecule has 0 saturated heterocycles. The van der Waals surface area contributed by atoms with E-state index < -0.39 is 0 Å². The molecule has 0 saturated carbocycles. The topological polar surface area (TPSA) is 67.6 Å². The highest BCUT2D eigenvalue weighted by atomic mass is 15.0. The van der Waals surface area contributed by atoms with E-state index in [0.717, 1.165) is 33.8 Å². The Morgan fingerprint density at radius 1 is 1.22 bits per heavy atom. The number of pyridine rings is 1. The lowest BCUT2D eigenvalue weighted by molar-refractivity contribution is 1.04. The first-order valence-electron chi connectivity index (χ1n) is 5.87. The summed E-state index contributed by atoms with van der Waals surface area (Å²) in [6.07, 6.45) is 2.47. The lowest BCUT2D eigenvalue weighted by atomic mass is 10.1. The van der Waals surface area contributed by atoms with Crippen molar-refractivity contribution >= 4 is 16.9 Å². The Balaban J connectivity index is 2.01. The number of H-pyrrole nitrogens is 1. The molecule has 4 nitrogen and oxygen atoms in total. The largest absolute Gasteiger partial charge is 0.398 e. The number of fused-ring (bicyclic) bond motifs is 1. The van der Waals surface area contributed by atoms with Gasteiger partial charge >= 0.3 is 0 Å². The van der Waals surface area contributed by atoms with Crippen molar-refractivity contribution in [1.29, 1.82) is 0 Å². The summed E-state index contributed by atoms with van der Waals surface area (Å²) < 4.78 is 0. The minimum Gasteiger partial charge on any atom is -0.398 e. The third-order valence-corrected chi connectivity index (χ3v) is 3.06. The molecule has 0 amide bonds. The molecule has 3 rings (SSSR count). The molecule has 2 aromatic heterocycles. The van der Waals surface area contributed by atoms with Crippen molar-refractivity contribution in [3.8, 4) is 0 Å². The van der Waals surface area contributed by atoms with Gasteiger partial charge in [0.05, 0.1) is 5.52 Å². The molecule has 0 spiro atoms. The summed E-state index contributed by atoms with van der Waals surface area (Å²) >= 11 is 0. The zero-order valence-electron chi connectivity index (χ0n) is 10.1. The molecule has 0 aliphatic heterocycles. The van der Waals surface area contributed by atoms with Gasteiger partial charge < -0.3 is 10.7 Å². The lowest BCUT2D eigenvalue weighted by Crippen LogP contribution is -1.96. The fourth-order valence-electron chi connectivity index (χ4n) is 2.04. The van der Waals surface area contributed by atoms with Crippen LogP contribution in [0.5, 0.6) is 0 Å². The highest BCUT2D eigenvalue weighted by molar-refractivity contribution is 5.74. The number of anilines is 1. The molecule has 18 heavy (non-hydrogen) atoms. The van der Waals surface area contributed by atoms with Crippen molar-refractivity contribution in [3.05, 3.63) is 53.5 Å². The molecular formula is C14H14N4. The lowest BCUT2D eigenvalue weighted by Gasteiger charge is -2.02. The molecule has 3 N–H and O–H groups in total. The Morgan fingerprint density at radius 2 is 2.06 bits per heavy atom. The smallest absolute Gasteiger partial charge is 0.177 e. The SMILES string of the molecule is Cc1ccnc2nc(Cc3ccccc3N)[nH]c12. The van der Waals surface area contributed by atoms with Gasteiger partial charge in [-0.3, -0.25) is 0 Å². The zero-order chi connectivity index (χ0) is 12.5. The molecule has 0 aliphatic rings. The van der Waals surface area contributed by atoms with Crippen LogP contribution < -0.4 is 5.73 Å². The molecule has 90 valence electrons. The van der Waals surface area contributed by atoms with Crippen LogP contribution in [0, 0.1) is 6.92 Å². The van der Waals surface area contributed by atoms with Crippen LogP contribution in [-0.4, -0.2) is 15.0 Å². The Kier molecular flexibility index (Phi) is 2.48. The van der Waals surface area contributed by atoms with E-state index in [4.69, 9.17) is 5.73 Å². The predicted molar refractivity (Wildman–Crippen MR) is 72.3 cm³/mol. The van der Waals surface area contributed by atoms with E-state index >= 15 is 0 Å². The van der Waals surface area contributed by atoms with Gasteiger partial charge in [-0.15, -0.1) is 0 Å². The summed E-state index contributed by atoms with van der Waals surface area (Å²) in [5.74, 6) is 0.893. The number of nitrogens with two attached hydrogens (primary N) is 1. The fraction of sp³-hybridized carbons (Fsp3) is 0.143. The average Bonchev–Trinajstić information content (AvgIpc) is 2.76. The van der Waals surface area contributed by atoms with Gasteiger partial charge in [0.15, 0.2) is 5.65 Å². The standard InChI is InChI=1S/C14H14N4/c1-9-6-7-16-14-13(9)17-12(18-14)8-10-4-2-3-5-11(10)15/h2-7H,8,15H2,1H3,(H,16,17,18). The van der Waals surface area contributed by atoms with E-state index in [1.54, 1.807) is 6.20 Å². The minimum absolute atomic E-state index is 0.697. The van der Waals surface area contributed by atoms with Gasteiger partial charge in [-0.1, -0.05) is 18.2 Å². The number of imidazole rings is 1. The van der Waals surface area contributed by atoms with E-state index in [1.807, 2.05) is 37.3 Å². The maximum atomic E-state index is 5.94. The number of benzene rings is 1. The second kappa shape index (κ2) is 4.14. The van der Waals surface area contributed by atoms with Crippen molar-refractivity contribution in [3.63, 3.8) is 0 Å². The van der Waals surface area contributed by atoms with Gasteiger partial charge in [-0.25, -0.2) is 9.97 Å². The molecule has 0 aliphatic carbocycles. The molecule has 2 heterocycles. The summed E-state index contributed by atoms with van der Waals surface area (Å²) in [6, 6.07) is 9.81. The summed E-state index contributed by atoms with van der Waals surface area (Å²) in [5, 5.41) is 0. The normalized spacial score (nSPS) is 10.9. The van der Waals surface area contributed by atoms with Gasteiger partial charge in [-0.2, -0.15) is 0 Å². The highest BCUT2D eigenvalue weighted by Crippen LogP contribution is 2.18. The highest BCUT2D eigenvalue weighted by Gasteiger charge is 2.07. The number of hydrogen-bond donors (Lipinski definition) is 2. The number of hydrogen-bond acceptors (Lipinski definition) is 3. The van der Waals surface area contributed by atoms with Crippen LogP contribution in [0.1, 0.15) is 17.0 Å². The fourth-order valence-corrected chi connectivity index (χ4v) is 2.04. The number of nitrogens with one attached hydrogen (secondary N) is 1. The van der Waals surface area contributed by atoms with Gasteiger partial charge in [-0.05, 0) is 30.2 Å². The van der Waals surface area contributed by atoms with Crippen LogP contribution in [0.25, 0.3) is 11.2 Å². The van der Waals surface area contributed by atoms with Crippen LogP contribution in [-0.2, 0) is 6.42 Å². The molecule has 0 bridgehead atoms. The minimum atomic E-state index is 0.697. The predicted octanol–water partition coefficient (Wildman–Crippen LogP) is 2.44. The van der Waals surface area contributed by atoms with E-state index in [9.17, 15) is 0 Å². The third-order valence-electron chi connectivity index (χ3n) is 3.06. The maximum Gasteiger partial charge on any atom is 0.177 e. The van der Waals surface area contributed by atoms with E-state index in [0.29, 0.717) is 6.42 Å². The molecule has 4 heteroatoms. The second-order valence-electron chi connectivity index (χ2n) is 4.39. The Morgan fingerprint density at radius 3 is 2.83 bits per heavy atom. The van der Waals surface area contributed by atoms with E-state index in [1.165, 1.54) is 0 Å². The monoisotopic (exact) mass is 238 g/mol. The number of nitrogen functional groups attached to an aromatic ring is 1. The summed E-state index contributed by atoms with van der Waals surface area (Å²) in [5.41, 5.74) is 10.7. The first-order valence-corrected chi connectivity index (χ1v) is 5.87. The third kappa shape index (κ3) is 1.82. The van der Waals surface area contributed by atoms with Crippen molar-refractivity contribution in [1.82, 2.24) is 15.0 Å². The molecule has 0 unspecified atom stereocenters. The van der Waals surface area contributed by atoms with Crippen molar-refractivity contribution in [2.45, 2.75) is 13.3 Å². The number of rotatable bonds is 2. The molecule has 0 fully saturated rings. The zero-order valence-corrected chi connectivity index (χ0v) is 10.1. The molecule has 0 atom stereocenters. The summed E-state index contributed by atoms with van der Waals surface area (Å²) in [6.45, 7) is 2.04. The van der Waals surface area contributed by atoms with Gasteiger partial charge in [0.2, 0.25) is 0 Å². The van der Waals surface area contributed by atoms with Crippen LogP contribution in [0.15, 0.2) is 36.5 Å². The van der Waals surface area contributed by atoms with Crippen LogP contribution >= 0.6 is 0 Å². The number of para-hydroxylation sites is 1. The summed E-state index contributed by atoms with van der Waals surface area (Å²) in [7, 11) is 0. The second-order valence-corrected chi connectivity index (χ2v) is 4.39. The van der Waals surface area contributed by atoms with Crippen LogP contribution in [0.2, 0.25) is 0 Å². The van der Waals surface area contributed by atoms with E-state index in [-0.39, 0.29) is 0 Å². The molecular weight excluding hydrogens is 224 g/mol. The van der Waals surface area contributed by atoms with Gasteiger partial charge in [0, 0.05) is 18.3 Å². The number of aromatic nitrogens is 3. The molecule has 1 aromatic carbocycles. The van der Waals surface area contributed by atoms with Crippen LogP contribution in [0.4, 0.5) is 5.69 Å². The van der Waals surface area contributed by atoms with Crippen molar-refractivity contribution in [2.24, 2.45) is 0 Å². The Labute approximate surface area is 105 Å². The Hall–Kier alpha value is -2.36. The molecule has 0 radical (unpaired) electrons. The number of aromatic amines is 1. The average molecular weight is 238 g/mol. The number of aryl methyl sites for hydroxylation is 1. The van der Waals surface area contributed by atoms with Crippen molar-refractivity contribution < 1.29 is 0 Å². The number of nitrogens with zero attached hydrogens (tertiary/aromatic N) is 2. The first-order chi connectivity index (χ1) is 8.74. The molecule has 3 aromatic rings. The summed E-state index contributed by atoms with van der Waals surface area (Å²) in [4.78, 5) is 12.1. The van der Waals surface area contributed by atoms with Crippen LogP contribution in [0.3, 0.4) is 0 Å². The van der Waals surface area contributed by atoms with Crippen molar-refractivity contribution in [2.75, 3.05) is 5.73 Å². The van der Waals surface area contributed by atoms with Gasteiger partial charge in [0.1, 0.15) is 5.82 Å². The van der Waals surface area contributed by atoms with E-state index in [2.05, 4.69) is 15.0 Å².